The number of aliphatic imine (C=N–C) groups is 1. The molecule has 2 aromatic rings. The second-order valence-electron chi connectivity index (χ2n) is 7.96. The van der Waals surface area contributed by atoms with E-state index in [1.807, 2.05) is 36.4 Å². The molecule has 1 fully saturated rings. The zero-order chi connectivity index (χ0) is 20.5. The van der Waals surface area contributed by atoms with E-state index >= 15 is 0 Å². The van der Waals surface area contributed by atoms with Crippen LogP contribution in [-0.2, 0) is 4.79 Å². The molecule has 0 radical (unpaired) electrons. The zero-order valence-corrected chi connectivity index (χ0v) is 17.4. The van der Waals surface area contributed by atoms with Gasteiger partial charge in [0.2, 0.25) is 0 Å². The van der Waals surface area contributed by atoms with Crippen molar-refractivity contribution in [3.05, 3.63) is 89.3 Å². The van der Waals surface area contributed by atoms with Crippen LogP contribution >= 0.6 is 11.8 Å². The third kappa shape index (κ3) is 3.74. The average molecular weight is 419 g/mol. The number of carbonyl (C=O) groups excluding carboxylic acids is 1. The van der Waals surface area contributed by atoms with Crippen LogP contribution in [0.3, 0.4) is 0 Å². The number of hydrogen-bond donors (Lipinski definition) is 1. The van der Waals surface area contributed by atoms with E-state index in [1.165, 1.54) is 18.9 Å². The quantitative estimate of drug-likeness (QED) is 0.757. The van der Waals surface area contributed by atoms with Crippen molar-refractivity contribution in [3.63, 3.8) is 0 Å². The molecule has 1 saturated carbocycles. The van der Waals surface area contributed by atoms with Gasteiger partial charge in [0.15, 0.2) is 0 Å². The highest BCUT2D eigenvalue weighted by atomic mass is 32.2. The van der Waals surface area contributed by atoms with E-state index in [0.717, 1.165) is 23.3 Å². The maximum Gasteiger partial charge on any atom is 0.251 e. The summed E-state index contributed by atoms with van der Waals surface area (Å²) in [5.74, 6) is -0.324. The molecule has 0 bridgehead atoms. The SMILES string of the molecule is O=C(NC1CCCC1)C1=CC2N=C(c3ccccc3F)c3ccccc3SC2C=C1. The molecule has 1 N–H and O–H groups in total. The van der Waals surface area contributed by atoms with Gasteiger partial charge in [-0.05, 0) is 37.1 Å². The fourth-order valence-electron chi connectivity index (χ4n) is 4.35. The van der Waals surface area contributed by atoms with Gasteiger partial charge < -0.3 is 5.32 Å². The van der Waals surface area contributed by atoms with Crippen molar-refractivity contribution < 1.29 is 9.18 Å². The summed E-state index contributed by atoms with van der Waals surface area (Å²) < 4.78 is 14.7. The number of halogens is 1. The highest BCUT2D eigenvalue weighted by Crippen LogP contribution is 2.38. The lowest BCUT2D eigenvalue weighted by Gasteiger charge is -2.22. The molecule has 5 heteroatoms. The molecule has 30 heavy (non-hydrogen) atoms. The van der Waals surface area contributed by atoms with Crippen molar-refractivity contribution in [2.75, 3.05) is 0 Å². The molecule has 2 unspecified atom stereocenters. The van der Waals surface area contributed by atoms with Crippen molar-refractivity contribution in [2.24, 2.45) is 4.99 Å². The van der Waals surface area contributed by atoms with E-state index in [9.17, 15) is 9.18 Å². The van der Waals surface area contributed by atoms with Crippen LogP contribution < -0.4 is 5.32 Å². The van der Waals surface area contributed by atoms with Crippen LogP contribution in [0.25, 0.3) is 0 Å². The van der Waals surface area contributed by atoms with E-state index in [4.69, 9.17) is 4.99 Å². The maximum atomic E-state index is 14.7. The third-order valence-electron chi connectivity index (χ3n) is 5.92. The molecule has 3 nitrogen and oxygen atoms in total. The Labute approximate surface area is 180 Å². The Hall–Kier alpha value is -2.66. The topological polar surface area (TPSA) is 41.5 Å². The van der Waals surface area contributed by atoms with Crippen LogP contribution in [0.1, 0.15) is 36.8 Å². The van der Waals surface area contributed by atoms with E-state index in [1.54, 1.807) is 23.9 Å². The Balaban J connectivity index is 1.53. The van der Waals surface area contributed by atoms with Gasteiger partial charge in [0, 0.05) is 27.6 Å². The number of nitrogens with one attached hydrogen (secondary N) is 1. The number of nitrogens with zero attached hydrogens (tertiary/aromatic N) is 1. The van der Waals surface area contributed by atoms with Gasteiger partial charge >= 0.3 is 0 Å². The van der Waals surface area contributed by atoms with Crippen molar-refractivity contribution in [2.45, 2.75) is 47.9 Å². The van der Waals surface area contributed by atoms with Gasteiger partial charge in [-0.1, -0.05) is 55.3 Å². The van der Waals surface area contributed by atoms with Crippen molar-refractivity contribution in [1.29, 1.82) is 0 Å². The first-order chi connectivity index (χ1) is 14.7. The predicted octanol–water partition coefficient (Wildman–Crippen LogP) is 5.06. The van der Waals surface area contributed by atoms with Gasteiger partial charge in [-0.15, -0.1) is 11.8 Å². The van der Waals surface area contributed by atoms with Crippen LogP contribution in [0.5, 0.6) is 0 Å². The predicted molar refractivity (Wildman–Crippen MR) is 120 cm³/mol. The minimum atomic E-state index is -0.288. The molecular formula is C25H23FN2OS. The second-order valence-corrected chi connectivity index (χ2v) is 9.18. The number of benzene rings is 2. The maximum absolute atomic E-state index is 14.7. The summed E-state index contributed by atoms with van der Waals surface area (Å²) in [7, 11) is 0. The van der Waals surface area contributed by atoms with Crippen LogP contribution in [0, 0.1) is 5.82 Å². The molecule has 1 aliphatic heterocycles. The first kappa shape index (κ1) is 19.3. The third-order valence-corrected chi connectivity index (χ3v) is 7.24. The summed E-state index contributed by atoms with van der Waals surface area (Å²) in [6, 6.07) is 14.8. The molecule has 1 amide bonds. The lowest BCUT2D eigenvalue weighted by molar-refractivity contribution is -0.117. The molecule has 2 aliphatic carbocycles. The van der Waals surface area contributed by atoms with E-state index in [-0.39, 0.29) is 29.1 Å². The highest BCUT2D eigenvalue weighted by molar-refractivity contribution is 8.00. The summed E-state index contributed by atoms with van der Waals surface area (Å²) in [5, 5.41) is 3.22. The van der Waals surface area contributed by atoms with Gasteiger partial charge in [-0.3, -0.25) is 9.79 Å². The Morgan fingerprint density at radius 1 is 1.03 bits per heavy atom. The van der Waals surface area contributed by atoms with Gasteiger partial charge in [-0.25, -0.2) is 4.39 Å². The Kier molecular flexibility index (Phi) is 5.30. The number of rotatable bonds is 3. The molecule has 2 aromatic carbocycles. The standard InChI is InChI=1S/C25H23FN2OS/c26-20-11-5-3-9-18(20)24-19-10-4-6-12-22(19)30-23-14-13-16(15-21(23)28-24)25(29)27-17-7-1-2-8-17/h3-6,9-15,17,21,23H,1-2,7-8H2,(H,27,29). The molecular weight excluding hydrogens is 395 g/mol. The van der Waals surface area contributed by atoms with Crippen LogP contribution in [0.15, 0.2) is 82.2 Å². The lowest BCUT2D eigenvalue weighted by Crippen LogP contribution is -2.35. The van der Waals surface area contributed by atoms with Gasteiger partial charge in [-0.2, -0.15) is 0 Å². The number of hydrogen-bond acceptors (Lipinski definition) is 3. The summed E-state index contributed by atoms with van der Waals surface area (Å²) in [4.78, 5) is 18.8. The Bertz CT molecular complexity index is 1070. The molecule has 1 heterocycles. The fourth-order valence-corrected chi connectivity index (χ4v) is 5.53. The van der Waals surface area contributed by atoms with E-state index in [0.29, 0.717) is 16.8 Å². The number of thioether (sulfide) groups is 1. The molecule has 5 rings (SSSR count). The summed E-state index contributed by atoms with van der Waals surface area (Å²) in [5.41, 5.74) is 2.71. The lowest BCUT2D eigenvalue weighted by atomic mass is 9.98. The Morgan fingerprint density at radius 2 is 1.77 bits per heavy atom. The second kappa shape index (κ2) is 8.23. The fraction of sp³-hybridized carbons (Fsp3) is 0.280. The van der Waals surface area contributed by atoms with E-state index < -0.39 is 0 Å². The molecule has 0 spiro atoms. The number of carbonyl (C=O) groups is 1. The molecule has 152 valence electrons. The number of fused-ring (bicyclic) bond motifs is 2. The summed E-state index contributed by atoms with van der Waals surface area (Å²) in [6.45, 7) is 0. The summed E-state index contributed by atoms with van der Waals surface area (Å²) >= 11 is 1.71. The van der Waals surface area contributed by atoms with Crippen molar-refractivity contribution in [1.82, 2.24) is 5.32 Å². The smallest absolute Gasteiger partial charge is 0.251 e. The normalized spacial score (nSPS) is 23.1. The van der Waals surface area contributed by atoms with Gasteiger partial charge in [0.05, 0.1) is 17.0 Å². The van der Waals surface area contributed by atoms with Crippen molar-refractivity contribution in [3.8, 4) is 0 Å². The van der Waals surface area contributed by atoms with Crippen molar-refractivity contribution >= 4 is 23.4 Å². The Morgan fingerprint density at radius 3 is 2.57 bits per heavy atom. The molecule has 0 saturated heterocycles. The first-order valence-corrected chi connectivity index (χ1v) is 11.4. The minimum Gasteiger partial charge on any atom is -0.349 e. The molecule has 2 atom stereocenters. The van der Waals surface area contributed by atoms with Gasteiger partial charge in [0.25, 0.3) is 5.91 Å². The van der Waals surface area contributed by atoms with Crippen LogP contribution in [0.2, 0.25) is 0 Å². The molecule has 0 aromatic heterocycles. The zero-order valence-electron chi connectivity index (χ0n) is 16.6. The van der Waals surface area contributed by atoms with E-state index in [2.05, 4.69) is 17.5 Å². The highest BCUT2D eigenvalue weighted by Gasteiger charge is 2.30. The van der Waals surface area contributed by atoms with Gasteiger partial charge in [0.1, 0.15) is 5.82 Å². The average Bonchev–Trinajstić information content (AvgIpc) is 3.21. The monoisotopic (exact) mass is 418 g/mol. The summed E-state index contributed by atoms with van der Waals surface area (Å²) in [6.07, 6.45) is 10.4. The molecule has 3 aliphatic rings. The first-order valence-electron chi connectivity index (χ1n) is 10.5. The largest absolute Gasteiger partial charge is 0.349 e. The van der Waals surface area contributed by atoms with Crippen LogP contribution in [-0.4, -0.2) is 29.0 Å². The minimum absolute atomic E-state index is 0.0361. The number of amides is 1. The van der Waals surface area contributed by atoms with Crippen LogP contribution in [0.4, 0.5) is 4.39 Å².